The topological polar surface area (TPSA) is 58.4 Å². The van der Waals surface area contributed by atoms with Crippen LogP contribution in [0.1, 0.15) is 31.7 Å². The molecule has 0 spiro atoms. The van der Waals surface area contributed by atoms with Gasteiger partial charge in [-0.05, 0) is 45.2 Å². The quantitative estimate of drug-likeness (QED) is 0.763. The summed E-state index contributed by atoms with van der Waals surface area (Å²) in [7, 11) is 2.13. The van der Waals surface area contributed by atoms with E-state index in [-0.39, 0.29) is 5.91 Å². The number of benzene rings is 1. The van der Waals surface area contributed by atoms with Gasteiger partial charge in [-0.25, -0.2) is 0 Å². The predicted molar refractivity (Wildman–Crippen MR) is 86.0 cm³/mol. The van der Waals surface area contributed by atoms with Gasteiger partial charge in [0.2, 0.25) is 5.91 Å². The molecule has 1 aliphatic carbocycles. The van der Waals surface area contributed by atoms with Crippen LogP contribution in [0.5, 0.6) is 0 Å². The molecule has 1 amide bonds. The molecule has 0 aliphatic heterocycles. The number of nitrogens with zero attached hydrogens (tertiary/aromatic N) is 1. The van der Waals surface area contributed by atoms with Crippen LogP contribution >= 0.6 is 0 Å². The third-order valence-electron chi connectivity index (χ3n) is 4.31. The molecule has 4 nitrogen and oxygen atoms in total. The van der Waals surface area contributed by atoms with Crippen molar-refractivity contribution in [1.82, 2.24) is 10.2 Å². The van der Waals surface area contributed by atoms with E-state index < -0.39 is 6.04 Å². The first-order valence-corrected chi connectivity index (χ1v) is 7.87. The van der Waals surface area contributed by atoms with E-state index in [2.05, 4.69) is 36.3 Å². The van der Waals surface area contributed by atoms with E-state index in [1.54, 1.807) is 0 Å². The number of hydrogen-bond acceptors (Lipinski definition) is 3. The van der Waals surface area contributed by atoms with Crippen LogP contribution in [0.2, 0.25) is 0 Å². The Morgan fingerprint density at radius 2 is 2.05 bits per heavy atom. The maximum absolute atomic E-state index is 12.0. The minimum Gasteiger partial charge on any atom is -0.353 e. The summed E-state index contributed by atoms with van der Waals surface area (Å²) in [6, 6.07) is 10.8. The molecule has 1 saturated carbocycles. The average molecular weight is 289 g/mol. The minimum absolute atomic E-state index is 0.0398. The third-order valence-corrected chi connectivity index (χ3v) is 4.31. The summed E-state index contributed by atoms with van der Waals surface area (Å²) in [6.45, 7) is 2.82. The molecule has 0 bridgehead atoms. The molecule has 2 atom stereocenters. The molecule has 4 heteroatoms. The van der Waals surface area contributed by atoms with Gasteiger partial charge in [-0.15, -0.1) is 0 Å². The Kier molecular flexibility index (Phi) is 5.76. The lowest BCUT2D eigenvalue weighted by atomic mass is 10.1. The summed E-state index contributed by atoms with van der Waals surface area (Å²) in [4.78, 5) is 14.4. The number of nitrogens with two attached hydrogens (primary N) is 1. The first kappa shape index (κ1) is 16.0. The second-order valence-electron chi connectivity index (χ2n) is 6.12. The lowest BCUT2D eigenvalue weighted by molar-refractivity contribution is -0.122. The lowest BCUT2D eigenvalue weighted by Crippen LogP contribution is -2.46. The Labute approximate surface area is 127 Å². The van der Waals surface area contributed by atoms with Crippen LogP contribution in [0.4, 0.5) is 0 Å². The Hall–Kier alpha value is -1.39. The van der Waals surface area contributed by atoms with E-state index in [0.717, 1.165) is 6.42 Å². The molecule has 116 valence electrons. The van der Waals surface area contributed by atoms with Crippen molar-refractivity contribution in [2.75, 3.05) is 13.6 Å². The fraction of sp³-hybridized carbons (Fsp3) is 0.588. The van der Waals surface area contributed by atoms with Crippen LogP contribution in [-0.4, -0.2) is 42.5 Å². The summed E-state index contributed by atoms with van der Waals surface area (Å²) in [5, 5.41) is 2.98. The van der Waals surface area contributed by atoms with Gasteiger partial charge in [0.25, 0.3) is 0 Å². The minimum atomic E-state index is -0.427. The average Bonchev–Trinajstić information content (AvgIpc) is 3.34. The van der Waals surface area contributed by atoms with Gasteiger partial charge in [0.1, 0.15) is 0 Å². The second kappa shape index (κ2) is 7.57. The number of carbonyl (C=O) groups excluding carboxylic acids is 1. The summed E-state index contributed by atoms with van der Waals surface area (Å²) < 4.78 is 0. The van der Waals surface area contributed by atoms with Crippen LogP contribution in [0.25, 0.3) is 0 Å². The van der Waals surface area contributed by atoms with E-state index in [0.29, 0.717) is 25.0 Å². The molecular weight excluding hydrogens is 262 g/mol. The van der Waals surface area contributed by atoms with Crippen LogP contribution in [0, 0.1) is 0 Å². The standard InChI is InChI=1S/C17H27N3O/c1-13(20(2)15-9-10-15)12-19-17(21)16(18)11-8-14-6-4-3-5-7-14/h3-7,13,15-16H,8-12,18H2,1-2H3,(H,19,21)/t13?,16-/m0/s1. The Balaban J connectivity index is 1.67. The lowest BCUT2D eigenvalue weighted by Gasteiger charge is -2.25. The number of amides is 1. The molecule has 1 aromatic rings. The molecule has 1 aliphatic rings. The summed E-state index contributed by atoms with van der Waals surface area (Å²) >= 11 is 0. The second-order valence-corrected chi connectivity index (χ2v) is 6.12. The summed E-state index contributed by atoms with van der Waals surface area (Å²) in [5.74, 6) is -0.0398. The van der Waals surface area contributed by atoms with Gasteiger partial charge in [-0.1, -0.05) is 30.3 Å². The molecule has 1 aromatic carbocycles. The number of nitrogens with one attached hydrogen (secondary N) is 1. The van der Waals surface area contributed by atoms with Crippen molar-refractivity contribution in [2.45, 2.75) is 50.7 Å². The van der Waals surface area contributed by atoms with E-state index in [1.807, 2.05) is 18.2 Å². The van der Waals surface area contributed by atoms with E-state index >= 15 is 0 Å². The predicted octanol–water partition coefficient (Wildman–Crippen LogP) is 1.55. The number of carbonyl (C=O) groups is 1. The zero-order valence-corrected chi connectivity index (χ0v) is 13.1. The Bertz CT molecular complexity index is 445. The SMILES string of the molecule is CC(CNC(=O)[C@@H](N)CCc1ccccc1)N(C)C1CC1. The van der Waals surface area contributed by atoms with Gasteiger partial charge in [0.05, 0.1) is 6.04 Å². The highest BCUT2D eigenvalue weighted by Crippen LogP contribution is 2.26. The van der Waals surface area contributed by atoms with Crippen molar-refractivity contribution in [3.63, 3.8) is 0 Å². The Morgan fingerprint density at radius 3 is 2.67 bits per heavy atom. The van der Waals surface area contributed by atoms with E-state index in [4.69, 9.17) is 5.73 Å². The molecule has 0 heterocycles. The molecule has 0 aromatic heterocycles. The fourth-order valence-corrected chi connectivity index (χ4v) is 2.46. The molecule has 21 heavy (non-hydrogen) atoms. The highest BCUT2D eigenvalue weighted by Gasteiger charge is 2.29. The maximum Gasteiger partial charge on any atom is 0.236 e. The van der Waals surface area contributed by atoms with Crippen molar-refractivity contribution in [3.8, 4) is 0 Å². The molecule has 2 rings (SSSR count). The first-order valence-electron chi connectivity index (χ1n) is 7.87. The molecule has 0 saturated heterocycles. The van der Waals surface area contributed by atoms with Crippen LogP contribution in [-0.2, 0) is 11.2 Å². The molecule has 0 radical (unpaired) electrons. The van der Waals surface area contributed by atoms with Crippen molar-refractivity contribution in [3.05, 3.63) is 35.9 Å². The number of rotatable bonds is 8. The normalized spacial score (nSPS) is 17.5. The first-order chi connectivity index (χ1) is 10.1. The van der Waals surface area contributed by atoms with Gasteiger partial charge < -0.3 is 11.1 Å². The van der Waals surface area contributed by atoms with Crippen molar-refractivity contribution in [2.24, 2.45) is 5.73 Å². The van der Waals surface area contributed by atoms with Gasteiger partial charge >= 0.3 is 0 Å². The van der Waals surface area contributed by atoms with Crippen molar-refractivity contribution in [1.29, 1.82) is 0 Å². The smallest absolute Gasteiger partial charge is 0.236 e. The van der Waals surface area contributed by atoms with Crippen LogP contribution in [0.3, 0.4) is 0 Å². The molecule has 3 N–H and O–H groups in total. The van der Waals surface area contributed by atoms with Gasteiger partial charge in [-0.2, -0.15) is 0 Å². The van der Waals surface area contributed by atoms with Crippen LogP contribution < -0.4 is 11.1 Å². The van der Waals surface area contributed by atoms with Gasteiger partial charge in [0, 0.05) is 18.6 Å². The fourth-order valence-electron chi connectivity index (χ4n) is 2.46. The van der Waals surface area contributed by atoms with Crippen LogP contribution in [0.15, 0.2) is 30.3 Å². The molecule has 1 unspecified atom stereocenters. The van der Waals surface area contributed by atoms with Crippen molar-refractivity contribution >= 4 is 5.91 Å². The van der Waals surface area contributed by atoms with E-state index in [1.165, 1.54) is 18.4 Å². The summed E-state index contributed by atoms with van der Waals surface area (Å²) in [5.41, 5.74) is 7.20. The summed E-state index contributed by atoms with van der Waals surface area (Å²) in [6.07, 6.45) is 4.09. The van der Waals surface area contributed by atoms with Crippen molar-refractivity contribution < 1.29 is 4.79 Å². The zero-order chi connectivity index (χ0) is 15.2. The van der Waals surface area contributed by atoms with Gasteiger partial charge in [-0.3, -0.25) is 9.69 Å². The number of hydrogen-bond donors (Lipinski definition) is 2. The zero-order valence-electron chi connectivity index (χ0n) is 13.1. The highest BCUT2D eigenvalue weighted by atomic mass is 16.2. The highest BCUT2D eigenvalue weighted by molar-refractivity contribution is 5.81. The maximum atomic E-state index is 12.0. The molecular formula is C17H27N3O. The number of likely N-dealkylation sites (N-methyl/N-ethyl adjacent to an activating group) is 1. The Morgan fingerprint density at radius 1 is 1.38 bits per heavy atom. The largest absolute Gasteiger partial charge is 0.353 e. The van der Waals surface area contributed by atoms with Gasteiger partial charge in [0.15, 0.2) is 0 Å². The number of aryl methyl sites for hydroxylation is 1. The third kappa shape index (κ3) is 5.14. The molecule has 1 fully saturated rings. The monoisotopic (exact) mass is 289 g/mol. The van der Waals surface area contributed by atoms with E-state index in [9.17, 15) is 4.79 Å².